The Kier molecular flexibility index (Phi) is 5.06. The highest BCUT2D eigenvalue weighted by Crippen LogP contribution is 2.32. The number of nitrogens with zero attached hydrogens (tertiary/aromatic N) is 1. The first-order valence-electron chi connectivity index (χ1n) is 8.40. The van der Waals surface area contributed by atoms with Crippen LogP contribution in [0.4, 0.5) is 0 Å². The lowest BCUT2D eigenvalue weighted by molar-refractivity contribution is 0.0166. The molecule has 0 aliphatic carbocycles. The van der Waals surface area contributed by atoms with E-state index >= 15 is 0 Å². The summed E-state index contributed by atoms with van der Waals surface area (Å²) in [6.45, 7) is 5.09. The topological polar surface area (TPSA) is 107 Å². The van der Waals surface area contributed by atoms with E-state index in [-0.39, 0.29) is 17.8 Å². The normalized spacial score (nSPS) is 20.6. The minimum atomic E-state index is -0.572. The second-order valence-electron chi connectivity index (χ2n) is 6.42. The molecule has 0 spiro atoms. The van der Waals surface area contributed by atoms with Crippen LogP contribution in [-0.4, -0.2) is 47.4 Å². The first-order valence-corrected chi connectivity index (χ1v) is 8.40. The van der Waals surface area contributed by atoms with Crippen molar-refractivity contribution in [2.75, 3.05) is 13.1 Å². The summed E-state index contributed by atoms with van der Waals surface area (Å²) in [6.07, 6.45) is 1.27. The van der Waals surface area contributed by atoms with Crippen molar-refractivity contribution in [3.63, 3.8) is 0 Å². The third-order valence-corrected chi connectivity index (χ3v) is 4.10. The van der Waals surface area contributed by atoms with Gasteiger partial charge in [0, 0.05) is 18.1 Å². The van der Waals surface area contributed by atoms with E-state index in [1.165, 1.54) is 0 Å². The maximum Gasteiger partial charge on any atom is 0.252 e. The van der Waals surface area contributed by atoms with Gasteiger partial charge in [0.05, 0.1) is 23.3 Å². The molecule has 7 nitrogen and oxygen atoms in total. The van der Waals surface area contributed by atoms with Gasteiger partial charge in [-0.3, -0.25) is 9.78 Å². The summed E-state index contributed by atoms with van der Waals surface area (Å²) in [6, 6.07) is 5.07. The fourth-order valence-corrected chi connectivity index (χ4v) is 2.89. The molecular weight excluding hydrogens is 322 g/mol. The number of aliphatic hydroxyl groups is 1. The van der Waals surface area contributed by atoms with E-state index in [4.69, 9.17) is 15.2 Å². The van der Waals surface area contributed by atoms with Crippen LogP contribution in [0.3, 0.4) is 0 Å². The fraction of sp³-hybridized carbons (Fsp3) is 0.444. The van der Waals surface area contributed by atoms with Crippen LogP contribution in [0.25, 0.3) is 10.9 Å². The highest BCUT2D eigenvalue weighted by molar-refractivity contribution is 6.01. The van der Waals surface area contributed by atoms with Gasteiger partial charge in [0.15, 0.2) is 0 Å². The number of fused-ring (bicyclic) bond motifs is 1. The molecule has 1 aromatic heterocycles. The summed E-state index contributed by atoms with van der Waals surface area (Å²) in [4.78, 5) is 16.0. The Labute approximate surface area is 146 Å². The van der Waals surface area contributed by atoms with Crippen molar-refractivity contribution in [1.29, 1.82) is 0 Å². The fourth-order valence-electron chi connectivity index (χ4n) is 2.89. The number of aliphatic hydroxyl groups excluding tert-OH is 1. The zero-order valence-electron chi connectivity index (χ0n) is 14.4. The van der Waals surface area contributed by atoms with E-state index in [1.54, 1.807) is 24.4 Å². The number of rotatable bonds is 5. The molecule has 0 bridgehead atoms. The Morgan fingerprint density at radius 3 is 2.88 bits per heavy atom. The van der Waals surface area contributed by atoms with Gasteiger partial charge in [0.25, 0.3) is 5.91 Å². The van der Waals surface area contributed by atoms with Crippen molar-refractivity contribution < 1.29 is 19.4 Å². The number of pyridine rings is 1. The average molecular weight is 345 g/mol. The van der Waals surface area contributed by atoms with E-state index in [9.17, 15) is 9.90 Å². The Bertz CT molecular complexity index is 778. The number of aromatic nitrogens is 1. The molecule has 1 aliphatic heterocycles. The molecule has 0 saturated carbocycles. The highest BCUT2D eigenvalue weighted by Gasteiger charge is 2.25. The van der Waals surface area contributed by atoms with Gasteiger partial charge < -0.3 is 25.6 Å². The quantitative estimate of drug-likeness (QED) is 0.752. The summed E-state index contributed by atoms with van der Waals surface area (Å²) in [5, 5.41) is 14.0. The van der Waals surface area contributed by atoms with Crippen molar-refractivity contribution >= 4 is 16.8 Å². The number of nitrogens with two attached hydrogens (primary N) is 1. The number of piperidine rings is 1. The Hall–Kier alpha value is -2.38. The second kappa shape index (κ2) is 7.25. The van der Waals surface area contributed by atoms with Gasteiger partial charge in [0.1, 0.15) is 17.6 Å². The molecule has 134 valence electrons. The molecule has 2 atom stereocenters. The second-order valence-corrected chi connectivity index (χ2v) is 6.42. The summed E-state index contributed by atoms with van der Waals surface area (Å²) in [7, 11) is 0. The summed E-state index contributed by atoms with van der Waals surface area (Å²) < 4.78 is 11.8. The van der Waals surface area contributed by atoms with Crippen LogP contribution in [0.5, 0.6) is 11.5 Å². The lowest BCUT2D eigenvalue weighted by Gasteiger charge is -2.29. The monoisotopic (exact) mass is 345 g/mol. The number of hydrogen-bond acceptors (Lipinski definition) is 6. The Morgan fingerprint density at radius 2 is 2.20 bits per heavy atom. The number of carbonyl (C=O) groups is 1. The molecular formula is C18H23N3O4. The first kappa shape index (κ1) is 17.4. The number of hydrogen-bond donors (Lipinski definition) is 3. The van der Waals surface area contributed by atoms with Crippen LogP contribution in [0.1, 0.15) is 30.6 Å². The molecule has 7 heteroatoms. The molecule has 1 aromatic carbocycles. The van der Waals surface area contributed by atoms with Gasteiger partial charge in [-0.2, -0.15) is 0 Å². The highest BCUT2D eigenvalue weighted by atomic mass is 16.5. The number of nitrogens with one attached hydrogen (secondary N) is 1. The average Bonchev–Trinajstić information content (AvgIpc) is 2.56. The SMILES string of the molecule is CC(C)Oc1cc2c(O[C@@H]3CNCC[C@@H]3O)ccnc2cc1C(N)=O. The number of carbonyl (C=O) groups excluding carboxylic acids is 1. The van der Waals surface area contributed by atoms with Gasteiger partial charge in [0.2, 0.25) is 0 Å². The number of amides is 1. The smallest absolute Gasteiger partial charge is 0.252 e. The van der Waals surface area contributed by atoms with Gasteiger partial charge in [-0.15, -0.1) is 0 Å². The van der Waals surface area contributed by atoms with Crippen LogP contribution in [0.15, 0.2) is 24.4 Å². The zero-order chi connectivity index (χ0) is 18.0. The number of benzene rings is 1. The van der Waals surface area contributed by atoms with Crippen molar-refractivity contribution in [2.45, 2.75) is 38.6 Å². The van der Waals surface area contributed by atoms with Gasteiger partial charge in [-0.05, 0) is 45.0 Å². The van der Waals surface area contributed by atoms with Gasteiger partial charge in [-0.25, -0.2) is 0 Å². The molecule has 25 heavy (non-hydrogen) atoms. The van der Waals surface area contributed by atoms with Crippen LogP contribution in [0, 0.1) is 0 Å². The predicted octanol–water partition coefficient (Wildman–Crippen LogP) is 1.22. The minimum Gasteiger partial charge on any atom is -0.490 e. The summed E-state index contributed by atoms with van der Waals surface area (Å²) in [5.41, 5.74) is 6.33. The molecule has 3 rings (SSSR count). The van der Waals surface area contributed by atoms with Gasteiger partial charge >= 0.3 is 0 Å². The third-order valence-electron chi connectivity index (χ3n) is 4.10. The van der Waals surface area contributed by atoms with Crippen LogP contribution >= 0.6 is 0 Å². The molecule has 4 N–H and O–H groups in total. The van der Waals surface area contributed by atoms with Crippen molar-refractivity contribution in [3.05, 3.63) is 30.0 Å². The van der Waals surface area contributed by atoms with E-state index in [0.29, 0.717) is 35.4 Å². The molecule has 1 fully saturated rings. The molecule has 0 radical (unpaired) electrons. The summed E-state index contributed by atoms with van der Waals surface area (Å²) in [5.74, 6) is 0.412. The summed E-state index contributed by atoms with van der Waals surface area (Å²) >= 11 is 0. The maximum absolute atomic E-state index is 11.7. The first-order chi connectivity index (χ1) is 12.0. The van der Waals surface area contributed by atoms with Crippen molar-refractivity contribution in [2.24, 2.45) is 5.73 Å². The van der Waals surface area contributed by atoms with Crippen molar-refractivity contribution in [1.82, 2.24) is 10.3 Å². The molecule has 1 aliphatic rings. The Morgan fingerprint density at radius 1 is 1.40 bits per heavy atom. The molecule has 1 amide bonds. The molecule has 2 heterocycles. The van der Waals surface area contributed by atoms with E-state index < -0.39 is 12.0 Å². The largest absolute Gasteiger partial charge is 0.490 e. The predicted molar refractivity (Wildman–Crippen MR) is 93.9 cm³/mol. The van der Waals surface area contributed by atoms with Crippen LogP contribution < -0.4 is 20.5 Å². The molecule has 1 saturated heterocycles. The maximum atomic E-state index is 11.7. The lowest BCUT2D eigenvalue weighted by atomic mass is 10.1. The van der Waals surface area contributed by atoms with Gasteiger partial charge in [-0.1, -0.05) is 0 Å². The van der Waals surface area contributed by atoms with Crippen molar-refractivity contribution in [3.8, 4) is 11.5 Å². The molecule has 0 unspecified atom stereocenters. The zero-order valence-corrected chi connectivity index (χ0v) is 14.4. The van der Waals surface area contributed by atoms with E-state index in [0.717, 1.165) is 6.54 Å². The van der Waals surface area contributed by atoms with E-state index in [2.05, 4.69) is 10.3 Å². The number of primary amides is 1. The van der Waals surface area contributed by atoms with Crippen LogP contribution in [0.2, 0.25) is 0 Å². The van der Waals surface area contributed by atoms with E-state index in [1.807, 2.05) is 13.8 Å². The standard InChI is InChI=1S/C18H23N3O4/c1-10(2)24-16-8-11-13(7-12(16)18(19)23)21-6-4-15(11)25-17-9-20-5-3-14(17)22/h4,6-8,10,14,17,20,22H,3,5,9H2,1-2H3,(H2,19,23)/t14-,17+/m0/s1. The lowest BCUT2D eigenvalue weighted by Crippen LogP contribution is -2.47. The van der Waals surface area contributed by atoms with Crippen LogP contribution in [-0.2, 0) is 0 Å². The molecule has 2 aromatic rings. The minimum absolute atomic E-state index is 0.110. The number of ether oxygens (including phenoxy) is 2. The Balaban J connectivity index is 2.02. The third kappa shape index (κ3) is 3.83.